The maximum Gasteiger partial charge on any atom is 0.344 e. The highest BCUT2D eigenvalue weighted by molar-refractivity contribution is 7.51. The number of anilines is 1. The zero-order chi connectivity index (χ0) is 15.2. The number of benzene rings is 1. The van der Waals surface area contributed by atoms with E-state index in [1.807, 2.05) is 0 Å². The normalized spacial score (nSPS) is 10.8. The molecule has 0 aliphatic rings. The predicted molar refractivity (Wildman–Crippen MR) is 69.0 cm³/mol. The van der Waals surface area contributed by atoms with Crippen LogP contribution in [0.4, 0.5) is 10.5 Å². The second-order valence-corrected chi connectivity index (χ2v) is 5.45. The quantitative estimate of drug-likeness (QED) is 0.298. The molecule has 1 aromatic carbocycles. The maximum atomic E-state index is 11.9. The Kier molecular flexibility index (Phi) is 5.66. The topological polar surface area (TPSA) is 139 Å². The highest BCUT2D eigenvalue weighted by Gasteiger charge is 2.25. The van der Waals surface area contributed by atoms with Gasteiger partial charge in [-0.15, -0.1) is 0 Å². The zero-order valence-corrected chi connectivity index (χ0v) is 11.2. The van der Waals surface area contributed by atoms with E-state index in [9.17, 15) is 14.2 Å². The van der Waals surface area contributed by atoms with Crippen LogP contribution in [0.3, 0.4) is 0 Å². The van der Waals surface area contributed by atoms with Gasteiger partial charge in [-0.2, -0.15) is 0 Å². The fourth-order valence-electron chi connectivity index (χ4n) is 1.34. The van der Waals surface area contributed by atoms with Gasteiger partial charge >= 0.3 is 13.6 Å². The molecule has 0 spiro atoms. The molecular formula is C10H14N3O6P. The van der Waals surface area contributed by atoms with Crippen LogP contribution in [0, 0.1) is 0 Å². The van der Waals surface area contributed by atoms with Crippen molar-refractivity contribution in [1.82, 2.24) is 10.4 Å². The lowest BCUT2D eigenvalue weighted by atomic mass is 10.3. The van der Waals surface area contributed by atoms with Gasteiger partial charge in [0.2, 0.25) is 0 Å². The van der Waals surface area contributed by atoms with Gasteiger partial charge in [-0.25, -0.2) is 10.3 Å². The SMILES string of the molecule is O=C(CN(CP(=O)(O)O)C(=O)Nc1ccccc1)NO. The van der Waals surface area contributed by atoms with E-state index in [1.165, 1.54) is 5.48 Å². The van der Waals surface area contributed by atoms with Crippen molar-refractivity contribution < 1.29 is 29.1 Å². The zero-order valence-electron chi connectivity index (χ0n) is 10.3. The molecule has 5 N–H and O–H groups in total. The minimum Gasteiger partial charge on any atom is -0.323 e. The number of urea groups is 1. The van der Waals surface area contributed by atoms with E-state index in [4.69, 9.17) is 15.0 Å². The van der Waals surface area contributed by atoms with Crippen molar-refractivity contribution >= 4 is 25.2 Å². The van der Waals surface area contributed by atoms with E-state index in [-0.39, 0.29) is 0 Å². The molecule has 3 amide bonds. The van der Waals surface area contributed by atoms with Crippen molar-refractivity contribution in [2.45, 2.75) is 0 Å². The summed E-state index contributed by atoms with van der Waals surface area (Å²) in [5.74, 6) is -0.971. The number of carbonyl (C=O) groups is 2. The summed E-state index contributed by atoms with van der Waals surface area (Å²) in [5.41, 5.74) is 1.69. The molecule has 0 unspecified atom stereocenters. The molecule has 0 radical (unpaired) electrons. The molecule has 9 nitrogen and oxygen atoms in total. The fraction of sp³-hybridized carbons (Fsp3) is 0.200. The largest absolute Gasteiger partial charge is 0.344 e. The highest BCUT2D eigenvalue weighted by atomic mass is 31.2. The first-order valence-electron chi connectivity index (χ1n) is 5.40. The Bertz CT molecular complexity index is 517. The van der Waals surface area contributed by atoms with E-state index in [2.05, 4.69) is 5.32 Å². The van der Waals surface area contributed by atoms with Crippen molar-refractivity contribution in [2.75, 3.05) is 18.1 Å². The van der Waals surface area contributed by atoms with E-state index >= 15 is 0 Å². The van der Waals surface area contributed by atoms with Gasteiger partial charge in [0.05, 0.1) is 0 Å². The van der Waals surface area contributed by atoms with Crippen LogP contribution in [0.1, 0.15) is 0 Å². The summed E-state index contributed by atoms with van der Waals surface area (Å²) < 4.78 is 10.9. The van der Waals surface area contributed by atoms with Crippen molar-refractivity contribution in [2.24, 2.45) is 0 Å². The number of para-hydroxylation sites is 1. The molecule has 1 rings (SSSR count). The first kappa shape index (κ1) is 16.1. The number of hydrogen-bond donors (Lipinski definition) is 5. The fourth-order valence-corrected chi connectivity index (χ4v) is 2.01. The van der Waals surface area contributed by atoms with Crippen LogP contribution in [0.25, 0.3) is 0 Å². The summed E-state index contributed by atoms with van der Waals surface area (Å²) >= 11 is 0. The summed E-state index contributed by atoms with van der Waals surface area (Å²) in [6, 6.07) is 7.30. The Morgan fingerprint density at radius 1 is 1.20 bits per heavy atom. The molecular weight excluding hydrogens is 289 g/mol. The average molecular weight is 303 g/mol. The van der Waals surface area contributed by atoms with Gasteiger partial charge in [-0.05, 0) is 12.1 Å². The molecule has 10 heteroatoms. The Morgan fingerprint density at radius 3 is 2.30 bits per heavy atom. The minimum atomic E-state index is -4.54. The first-order valence-corrected chi connectivity index (χ1v) is 7.20. The molecule has 0 saturated carbocycles. The number of carbonyl (C=O) groups excluding carboxylic acids is 2. The Hall–Kier alpha value is -1.93. The van der Waals surface area contributed by atoms with Gasteiger partial charge < -0.3 is 20.0 Å². The standard InChI is InChI=1S/C10H14N3O6P/c14-9(12-16)6-13(7-20(17,18)19)10(15)11-8-4-2-1-3-5-8/h1-5,16H,6-7H2,(H,11,15)(H,12,14)(H2,17,18,19). The molecule has 0 bridgehead atoms. The van der Waals surface area contributed by atoms with Crippen LogP contribution >= 0.6 is 7.60 Å². The van der Waals surface area contributed by atoms with Crippen molar-refractivity contribution in [3.8, 4) is 0 Å². The number of rotatable bonds is 5. The summed E-state index contributed by atoms with van der Waals surface area (Å²) in [5, 5.41) is 10.8. The maximum absolute atomic E-state index is 11.9. The molecule has 0 heterocycles. The number of hydrogen-bond acceptors (Lipinski definition) is 4. The lowest BCUT2D eigenvalue weighted by Crippen LogP contribution is -2.42. The minimum absolute atomic E-state index is 0.401. The van der Waals surface area contributed by atoms with Crippen LogP contribution in [0.2, 0.25) is 0 Å². The third-order valence-electron chi connectivity index (χ3n) is 2.13. The second kappa shape index (κ2) is 7.01. The highest BCUT2D eigenvalue weighted by Crippen LogP contribution is 2.35. The van der Waals surface area contributed by atoms with E-state index in [0.29, 0.717) is 10.6 Å². The van der Waals surface area contributed by atoms with Crippen LogP contribution in [-0.2, 0) is 9.36 Å². The van der Waals surface area contributed by atoms with E-state index < -0.39 is 32.4 Å². The molecule has 0 saturated heterocycles. The molecule has 0 aliphatic carbocycles. The van der Waals surface area contributed by atoms with Gasteiger partial charge in [0.25, 0.3) is 5.91 Å². The Morgan fingerprint density at radius 2 is 1.80 bits per heavy atom. The van der Waals surface area contributed by atoms with Crippen molar-refractivity contribution in [3.63, 3.8) is 0 Å². The monoisotopic (exact) mass is 303 g/mol. The van der Waals surface area contributed by atoms with E-state index in [0.717, 1.165) is 0 Å². The number of hydroxylamine groups is 1. The molecule has 0 aromatic heterocycles. The number of nitrogens with zero attached hydrogens (tertiary/aromatic N) is 1. The molecule has 0 atom stereocenters. The molecule has 110 valence electrons. The average Bonchev–Trinajstić information content (AvgIpc) is 2.37. The second-order valence-electron chi connectivity index (χ2n) is 3.84. The Labute approximate surface area is 114 Å². The smallest absolute Gasteiger partial charge is 0.323 e. The van der Waals surface area contributed by atoms with Crippen molar-refractivity contribution in [3.05, 3.63) is 30.3 Å². The summed E-state index contributed by atoms with van der Waals surface area (Å²) in [6.45, 7) is -0.694. The number of amides is 3. The summed E-state index contributed by atoms with van der Waals surface area (Å²) in [7, 11) is -4.54. The third-order valence-corrected chi connectivity index (χ3v) is 2.84. The molecule has 1 aromatic rings. The summed E-state index contributed by atoms with van der Waals surface area (Å²) in [4.78, 5) is 41.2. The van der Waals surface area contributed by atoms with Crippen LogP contribution in [0.5, 0.6) is 0 Å². The van der Waals surface area contributed by atoms with Gasteiger partial charge in [0.1, 0.15) is 12.8 Å². The first-order chi connectivity index (χ1) is 9.31. The number of nitrogens with one attached hydrogen (secondary N) is 2. The lowest BCUT2D eigenvalue weighted by Gasteiger charge is -2.22. The molecule has 20 heavy (non-hydrogen) atoms. The third kappa shape index (κ3) is 5.81. The van der Waals surface area contributed by atoms with Gasteiger partial charge in [-0.1, -0.05) is 18.2 Å². The van der Waals surface area contributed by atoms with Crippen molar-refractivity contribution in [1.29, 1.82) is 0 Å². The van der Waals surface area contributed by atoms with E-state index in [1.54, 1.807) is 30.3 Å². The van der Waals surface area contributed by atoms with Crippen LogP contribution in [-0.4, -0.2) is 44.7 Å². The van der Waals surface area contributed by atoms with Crippen LogP contribution < -0.4 is 10.8 Å². The Balaban J connectivity index is 2.78. The lowest BCUT2D eigenvalue weighted by molar-refractivity contribution is -0.129. The van der Waals surface area contributed by atoms with Crippen LogP contribution in [0.15, 0.2) is 30.3 Å². The summed E-state index contributed by atoms with van der Waals surface area (Å²) in [6.07, 6.45) is -0.945. The predicted octanol–water partition coefficient (Wildman–Crippen LogP) is 0.161. The molecule has 0 fully saturated rings. The molecule has 0 aliphatic heterocycles. The van der Waals surface area contributed by atoms with Gasteiger partial charge in [0.15, 0.2) is 0 Å². The van der Waals surface area contributed by atoms with Gasteiger partial charge in [0, 0.05) is 5.69 Å². The van der Waals surface area contributed by atoms with Gasteiger partial charge in [-0.3, -0.25) is 14.6 Å².